The largest absolute Gasteiger partial charge is 0.497 e. The average molecular weight is 374 g/mol. The third kappa shape index (κ3) is 6.84. The first-order valence-electron chi connectivity index (χ1n) is 9.09. The Kier molecular flexibility index (Phi) is 7.52. The van der Waals surface area contributed by atoms with Crippen LogP contribution in [0.15, 0.2) is 39.9 Å². The van der Waals surface area contributed by atoms with Gasteiger partial charge in [0.1, 0.15) is 17.3 Å². The predicted molar refractivity (Wildman–Crippen MR) is 107 cm³/mol. The number of benzene rings is 1. The highest BCUT2D eigenvalue weighted by atomic mass is 16.5. The van der Waals surface area contributed by atoms with E-state index in [0.717, 1.165) is 30.2 Å². The molecule has 1 aromatic carbocycles. The van der Waals surface area contributed by atoms with Gasteiger partial charge in [0.05, 0.1) is 26.5 Å². The smallest absolute Gasteiger partial charge is 0.213 e. The molecule has 2 rings (SSSR count). The molecular formula is C20H30N4O3. The number of aliphatic imine (C=N–C) groups is 1. The van der Waals surface area contributed by atoms with Gasteiger partial charge in [-0.25, -0.2) is 4.98 Å². The Morgan fingerprint density at radius 3 is 2.44 bits per heavy atom. The topological polar surface area (TPSA) is 80.9 Å². The lowest BCUT2D eigenvalue weighted by atomic mass is 9.94. The Bertz CT molecular complexity index is 718. The monoisotopic (exact) mass is 374 g/mol. The average Bonchev–Trinajstić information content (AvgIpc) is 3.14. The maximum atomic E-state index is 5.77. The van der Waals surface area contributed by atoms with Crippen molar-refractivity contribution < 1.29 is 13.9 Å². The molecule has 0 atom stereocenters. The Balaban J connectivity index is 1.65. The van der Waals surface area contributed by atoms with Crippen molar-refractivity contribution in [1.29, 1.82) is 0 Å². The highest BCUT2D eigenvalue weighted by Gasteiger charge is 2.19. The van der Waals surface area contributed by atoms with Crippen molar-refractivity contribution in [3.63, 3.8) is 0 Å². The minimum absolute atomic E-state index is 0.0466. The van der Waals surface area contributed by atoms with Gasteiger partial charge in [-0.05, 0) is 30.7 Å². The predicted octanol–water partition coefficient (Wildman–Crippen LogP) is 3.11. The number of nitrogens with zero attached hydrogens (tertiary/aromatic N) is 2. The van der Waals surface area contributed by atoms with Gasteiger partial charge in [-0.3, -0.25) is 4.99 Å². The SMILES string of the molecule is CN=C(NCCCOc1ccc(OC)cc1)NCc1ncc(C(C)(C)C)o1. The van der Waals surface area contributed by atoms with Crippen molar-refractivity contribution in [3.05, 3.63) is 42.1 Å². The Morgan fingerprint density at radius 2 is 1.85 bits per heavy atom. The molecule has 2 N–H and O–H groups in total. The summed E-state index contributed by atoms with van der Waals surface area (Å²) in [6.07, 6.45) is 2.63. The molecule has 1 heterocycles. The van der Waals surface area contributed by atoms with Crippen LogP contribution in [0.25, 0.3) is 0 Å². The molecule has 0 saturated carbocycles. The van der Waals surface area contributed by atoms with E-state index >= 15 is 0 Å². The molecule has 27 heavy (non-hydrogen) atoms. The molecule has 0 aliphatic heterocycles. The molecule has 1 aromatic heterocycles. The van der Waals surface area contributed by atoms with Gasteiger partial charge in [0, 0.05) is 19.0 Å². The van der Waals surface area contributed by atoms with Gasteiger partial charge < -0.3 is 24.5 Å². The summed E-state index contributed by atoms with van der Waals surface area (Å²) in [7, 11) is 3.38. The number of guanidine groups is 1. The normalized spacial score (nSPS) is 12.0. The second-order valence-electron chi connectivity index (χ2n) is 7.10. The second kappa shape index (κ2) is 9.85. The molecule has 7 nitrogen and oxygen atoms in total. The fourth-order valence-electron chi connectivity index (χ4n) is 2.26. The number of methoxy groups -OCH3 is 1. The van der Waals surface area contributed by atoms with Crippen LogP contribution in [0.5, 0.6) is 11.5 Å². The van der Waals surface area contributed by atoms with E-state index in [0.29, 0.717) is 25.0 Å². The molecule has 0 radical (unpaired) electrons. The van der Waals surface area contributed by atoms with Crippen LogP contribution in [-0.2, 0) is 12.0 Å². The zero-order valence-corrected chi connectivity index (χ0v) is 16.8. The first-order chi connectivity index (χ1) is 12.9. The fraction of sp³-hybridized carbons (Fsp3) is 0.500. The van der Waals surface area contributed by atoms with E-state index in [2.05, 4.69) is 41.4 Å². The molecular weight excluding hydrogens is 344 g/mol. The highest BCUT2D eigenvalue weighted by Crippen LogP contribution is 2.22. The molecule has 0 unspecified atom stereocenters. The third-order valence-corrected chi connectivity index (χ3v) is 3.87. The third-order valence-electron chi connectivity index (χ3n) is 3.87. The Labute approximate surface area is 161 Å². The number of rotatable bonds is 8. The van der Waals surface area contributed by atoms with Crippen molar-refractivity contribution in [3.8, 4) is 11.5 Å². The quantitative estimate of drug-likeness (QED) is 0.420. The molecule has 0 bridgehead atoms. The van der Waals surface area contributed by atoms with E-state index in [1.807, 2.05) is 24.3 Å². The van der Waals surface area contributed by atoms with Crippen LogP contribution in [0.2, 0.25) is 0 Å². The van der Waals surface area contributed by atoms with Crippen LogP contribution >= 0.6 is 0 Å². The number of hydrogen-bond acceptors (Lipinski definition) is 5. The summed E-state index contributed by atoms with van der Waals surface area (Å²) in [5.74, 6) is 3.87. The number of hydrogen-bond donors (Lipinski definition) is 2. The maximum Gasteiger partial charge on any atom is 0.213 e. The molecule has 0 amide bonds. The van der Waals surface area contributed by atoms with E-state index < -0.39 is 0 Å². The number of oxazole rings is 1. The van der Waals surface area contributed by atoms with E-state index in [9.17, 15) is 0 Å². The zero-order chi connectivity index (χ0) is 19.7. The van der Waals surface area contributed by atoms with Crippen molar-refractivity contribution in [2.75, 3.05) is 27.3 Å². The van der Waals surface area contributed by atoms with Crippen LogP contribution in [0, 0.1) is 0 Å². The van der Waals surface area contributed by atoms with Crippen LogP contribution in [0.4, 0.5) is 0 Å². The molecule has 0 saturated heterocycles. The first kappa shape index (κ1) is 20.6. The van der Waals surface area contributed by atoms with Crippen molar-refractivity contribution >= 4 is 5.96 Å². The summed E-state index contributed by atoms with van der Waals surface area (Å²) in [6.45, 7) is 8.13. The van der Waals surface area contributed by atoms with Crippen LogP contribution < -0.4 is 20.1 Å². The summed E-state index contributed by atoms with van der Waals surface area (Å²) in [5, 5.41) is 6.45. The summed E-state index contributed by atoms with van der Waals surface area (Å²) < 4.78 is 16.6. The summed E-state index contributed by atoms with van der Waals surface area (Å²) in [6, 6.07) is 7.56. The summed E-state index contributed by atoms with van der Waals surface area (Å²) >= 11 is 0. The van der Waals surface area contributed by atoms with E-state index in [4.69, 9.17) is 13.9 Å². The molecule has 0 aliphatic carbocycles. The second-order valence-corrected chi connectivity index (χ2v) is 7.10. The lowest BCUT2D eigenvalue weighted by Crippen LogP contribution is -2.37. The van der Waals surface area contributed by atoms with Crippen molar-refractivity contribution in [1.82, 2.24) is 15.6 Å². The van der Waals surface area contributed by atoms with E-state index in [-0.39, 0.29) is 5.41 Å². The molecule has 0 fully saturated rings. The van der Waals surface area contributed by atoms with Gasteiger partial charge in [0.25, 0.3) is 0 Å². The van der Waals surface area contributed by atoms with Gasteiger partial charge in [-0.2, -0.15) is 0 Å². The molecule has 0 spiro atoms. The molecule has 148 valence electrons. The van der Waals surface area contributed by atoms with Gasteiger partial charge in [0.15, 0.2) is 5.96 Å². The fourth-order valence-corrected chi connectivity index (χ4v) is 2.26. The van der Waals surface area contributed by atoms with Crippen LogP contribution in [0.1, 0.15) is 38.8 Å². The van der Waals surface area contributed by atoms with Gasteiger partial charge in [0.2, 0.25) is 5.89 Å². The van der Waals surface area contributed by atoms with E-state index in [1.54, 1.807) is 20.4 Å². The molecule has 7 heteroatoms. The summed E-state index contributed by atoms with van der Waals surface area (Å²) in [4.78, 5) is 8.51. The van der Waals surface area contributed by atoms with Gasteiger partial charge >= 0.3 is 0 Å². The lowest BCUT2D eigenvalue weighted by molar-refractivity contribution is 0.310. The standard InChI is InChI=1S/C20H30N4O3/c1-20(2,3)17-13-23-18(27-17)14-24-19(21-4)22-11-6-12-26-16-9-7-15(25-5)8-10-16/h7-10,13H,6,11-12,14H2,1-5H3,(H2,21,22,24). The molecule has 0 aliphatic rings. The van der Waals surface area contributed by atoms with Gasteiger partial charge in [-0.1, -0.05) is 20.8 Å². The van der Waals surface area contributed by atoms with Crippen LogP contribution in [0.3, 0.4) is 0 Å². The number of nitrogens with one attached hydrogen (secondary N) is 2. The minimum atomic E-state index is -0.0466. The Morgan fingerprint density at radius 1 is 1.15 bits per heavy atom. The zero-order valence-electron chi connectivity index (χ0n) is 16.8. The lowest BCUT2D eigenvalue weighted by Gasteiger charge is -2.13. The first-order valence-corrected chi connectivity index (χ1v) is 9.09. The van der Waals surface area contributed by atoms with Gasteiger partial charge in [-0.15, -0.1) is 0 Å². The minimum Gasteiger partial charge on any atom is -0.497 e. The maximum absolute atomic E-state index is 5.77. The highest BCUT2D eigenvalue weighted by molar-refractivity contribution is 5.79. The van der Waals surface area contributed by atoms with Crippen molar-refractivity contribution in [2.24, 2.45) is 4.99 Å². The van der Waals surface area contributed by atoms with Crippen molar-refractivity contribution in [2.45, 2.75) is 39.2 Å². The summed E-state index contributed by atoms with van der Waals surface area (Å²) in [5.41, 5.74) is -0.0466. The molecule has 2 aromatic rings. The van der Waals surface area contributed by atoms with E-state index in [1.165, 1.54) is 0 Å². The van der Waals surface area contributed by atoms with Crippen LogP contribution in [-0.4, -0.2) is 38.3 Å². The number of ether oxygens (including phenoxy) is 2. The Hall–Kier alpha value is -2.70. The number of aromatic nitrogens is 1.